The molecule has 0 bridgehead atoms. The molecule has 1 amide bonds. The molecule has 24 heavy (non-hydrogen) atoms. The lowest BCUT2D eigenvalue weighted by Crippen LogP contribution is -2.30. The van der Waals surface area contributed by atoms with Gasteiger partial charge in [0.15, 0.2) is 10.8 Å². The van der Waals surface area contributed by atoms with E-state index in [0.29, 0.717) is 15.7 Å². The first-order valence-electron chi connectivity index (χ1n) is 7.76. The van der Waals surface area contributed by atoms with Crippen molar-refractivity contribution in [2.45, 2.75) is 25.8 Å². The molecule has 4 rings (SSSR count). The highest BCUT2D eigenvalue weighted by Crippen LogP contribution is 2.35. The summed E-state index contributed by atoms with van der Waals surface area (Å²) in [6.45, 7) is 2.62. The molecule has 0 saturated carbocycles. The third-order valence-corrected chi connectivity index (χ3v) is 5.38. The Balaban J connectivity index is 1.63. The van der Waals surface area contributed by atoms with Crippen LogP contribution in [0.2, 0.25) is 0 Å². The molecule has 0 aromatic carbocycles. The second-order valence-electron chi connectivity index (χ2n) is 5.87. The van der Waals surface area contributed by atoms with Gasteiger partial charge in [-0.05, 0) is 19.8 Å². The number of aromatic amines is 1. The maximum atomic E-state index is 13.1. The molecule has 3 aromatic heterocycles. The van der Waals surface area contributed by atoms with E-state index in [4.69, 9.17) is 0 Å². The molecule has 0 aliphatic carbocycles. The van der Waals surface area contributed by atoms with Gasteiger partial charge >= 0.3 is 0 Å². The number of hydrogen-bond donors (Lipinski definition) is 1. The van der Waals surface area contributed by atoms with Crippen LogP contribution in [0.25, 0.3) is 10.8 Å². The van der Waals surface area contributed by atoms with Gasteiger partial charge in [-0.25, -0.2) is 9.97 Å². The van der Waals surface area contributed by atoms with Crippen LogP contribution in [0.4, 0.5) is 0 Å². The Bertz CT molecular complexity index is 866. The van der Waals surface area contributed by atoms with Gasteiger partial charge in [0.1, 0.15) is 11.2 Å². The smallest absolute Gasteiger partial charge is 0.266 e. The van der Waals surface area contributed by atoms with E-state index in [1.165, 1.54) is 17.7 Å². The van der Waals surface area contributed by atoms with Crippen LogP contribution >= 0.6 is 11.3 Å². The van der Waals surface area contributed by atoms with E-state index < -0.39 is 0 Å². The second-order valence-corrected chi connectivity index (χ2v) is 6.87. The fraction of sp³-hybridized carbons (Fsp3) is 0.400. The summed E-state index contributed by atoms with van der Waals surface area (Å²) in [7, 11) is 1.89. The molecule has 1 N–H and O–H groups in total. The van der Waals surface area contributed by atoms with Crippen molar-refractivity contribution in [2.24, 2.45) is 7.05 Å². The van der Waals surface area contributed by atoms with Crippen LogP contribution in [-0.2, 0) is 7.05 Å². The number of thiazole rings is 1. The Morgan fingerprint density at radius 2 is 2.33 bits per heavy atom. The highest BCUT2D eigenvalue weighted by Gasteiger charge is 2.33. The number of nitrogens with one attached hydrogen (secondary N) is 1. The van der Waals surface area contributed by atoms with Gasteiger partial charge in [-0.2, -0.15) is 10.2 Å². The Hall–Kier alpha value is -2.55. The number of rotatable bonds is 3. The first-order valence-corrected chi connectivity index (χ1v) is 8.58. The third kappa shape index (κ3) is 2.50. The van der Waals surface area contributed by atoms with Crippen LogP contribution in [0, 0.1) is 6.92 Å². The highest BCUT2D eigenvalue weighted by atomic mass is 32.1. The minimum absolute atomic E-state index is 0.0297. The zero-order chi connectivity index (χ0) is 16.7. The maximum absolute atomic E-state index is 13.1. The molecule has 0 unspecified atom stereocenters. The number of hydrogen-bond acceptors (Lipinski definition) is 6. The molecular weight excluding hydrogens is 326 g/mol. The van der Waals surface area contributed by atoms with Crippen LogP contribution in [0.15, 0.2) is 18.7 Å². The number of amides is 1. The number of nitrogens with zero attached hydrogens (tertiary/aromatic N) is 6. The first-order chi connectivity index (χ1) is 11.6. The van der Waals surface area contributed by atoms with Gasteiger partial charge in [0.05, 0.1) is 17.9 Å². The third-order valence-electron chi connectivity index (χ3n) is 4.23. The van der Waals surface area contributed by atoms with Crippen molar-refractivity contribution in [3.63, 3.8) is 0 Å². The summed E-state index contributed by atoms with van der Waals surface area (Å²) in [5.41, 5.74) is 1.81. The number of likely N-dealkylation sites (tertiary alicyclic amines) is 1. The monoisotopic (exact) mass is 343 g/mol. The molecular formula is C15H17N7OS. The molecule has 1 atom stereocenters. The average molecular weight is 343 g/mol. The van der Waals surface area contributed by atoms with Crippen molar-refractivity contribution in [3.05, 3.63) is 34.9 Å². The van der Waals surface area contributed by atoms with Gasteiger partial charge in [-0.15, -0.1) is 11.3 Å². The quantitative estimate of drug-likeness (QED) is 0.784. The topological polar surface area (TPSA) is 92.6 Å². The molecule has 0 spiro atoms. The minimum atomic E-state index is 0.0297. The summed E-state index contributed by atoms with van der Waals surface area (Å²) in [6, 6.07) is 0.0847. The summed E-state index contributed by atoms with van der Waals surface area (Å²) in [5, 5.41) is 11.5. The van der Waals surface area contributed by atoms with E-state index in [1.54, 1.807) is 4.68 Å². The number of carbonyl (C=O) groups excluding carboxylic acids is 1. The molecule has 1 aliphatic rings. The number of H-pyrrole nitrogens is 1. The highest BCUT2D eigenvalue weighted by molar-refractivity contribution is 7.17. The van der Waals surface area contributed by atoms with E-state index in [0.717, 1.165) is 30.6 Å². The van der Waals surface area contributed by atoms with Gasteiger partial charge < -0.3 is 4.90 Å². The van der Waals surface area contributed by atoms with Crippen LogP contribution < -0.4 is 0 Å². The van der Waals surface area contributed by atoms with Crippen molar-refractivity contribution in [1.29, 1.82) is 0 Å². The van der Waals surface area contributed by atoms with Crippen molar-refractivity contribution >= 4 is 17.2 Å². The largest absolute Gasteiger partial charge is 0.331 e. The second kappa shape index (κ2) is 5.82. The summed E-state index contributed by atoms with van der Waals surface area (Å²) in [4.78, 5) is 24.2. The summed E-state index contributed by atoms with van der Waals surface area (Å²) in [5.74, 6) is 0.620. The van der Waals surface area contributed by atoms with Crippen LogP contribution in [0.3, 0.4) is 0 Å². The summed E-state index contributed by atoms with van der Waals surface area (Å²) < 4.78 is 1.77. The zero-order valence-corrected chi connectivity index (χ0v) is 14.2. The Morgan fingerprint density at radius 3 is 3.04 bits per heavy atom. The Kier molecular flexibility index (Phi) is 3.64. The maximum Gasteiger partial charge on any atom is 0.266 e. The Labute approximate surface area is 142 Å². The van der Waals surface area contributed by atoms with E-state index in [-0.39, 0.29) is 11.9 Å². The molecule has 124 valence electrons. The van der Waals surface area contributed by atoms with Crippen molar-refractivity contribution in [1.82, 2.24) is 34.8 Å². The summed E-state index contributed by atoms with van der Waals surface area (Å²) in [6.07, 6.45) is 7.22. The zero-order valence-electron chi connectivity index (χ0n) is 13.4. The van der Waals surface area contributed by atoms with Gasteiger partial charge in [0.25, 0.3) is 5.91 Å². The molecule has 1 aliphatic heterocycles. The lowest BCUT2D eigenvalue weighted by Gasteiger charge is -2.23. The van der Waals surface area contributed by atoms with Gasteiger partial charge in [0.2, 0.25) is 0 Å². The number of carbonyl (C=O) groups is 1. The van der Waals surface area contributed by atoms with Gasteiger partial charge in [-0.3, -0.25) is 14.6 Å². The fourth-order valence-electron chi connectivity index (χ4n) is 3.10. The first kappa shape index (κ1) is 15.0. The Morgan fingerprint density at radius 1 is 1.46 bits per heavy atom. The van der Waals surface area contributed by atoms with Gasteiger partial charge in [0, 0.05) is 25.4 Å². The van der Waals surface area contributed by atoms with E-state index in [1.807, 2.05) is 31.3 Å². The standard InChI is InChI=1S/C15H17N7OS/c1-9-12(24-14(19-9)13-16-8-17-20-13)15(23)22-5-3-4-11(22)10-6-18-21(2)7-10/h6-8,11H,3-5H2,1-2H3,(H,16,17,20)/t11-/m1/s1. The van der Waals surface area contributed by atoms with Gasteiger partial charge in [-0.1, -0.05) is 0 Å². The van der Waals surface area contributed by atoms with Crippen LogP contribution in [0.1, 0.15) is 39.8 Å². The van der Waals surface area contributed by atoms with Crippen molar-refractivity contribution in [2.75, 3.05) is 6.54 Å². The molecule has 9 heteroatoms. The van der Waals surface area contributed by atoms with Crippen molar-refractivity contribution in [3.8, 4) is 10.8 Å². The SMILES string of the molecule is Cc1nc(-c2ncn[nH]2)sc1C(=O)N1CCC[C@@H]1c1cnn(C)c1. The lowest BCUT2D eigenvalue weighted by atomic mass is 10.1. The lowest BCUT2D eigenvalue weighted by molar-refractivity contribution is 0.0739. The average Bonchev–Trinajstić information content (AvgIpc) is 3.33. The molecule has 3 aromatic rings. The molecule has 0 radical (unpaired) electrons. The van der Waals surface area contributed by atoms with E-state index in [9.17, 15) is 4.79 Å². The predicted molar refractivity (Wildman–Crippen MR) is 88.4 cm³/mol. The number of aryl methyl sites for hydroxylation is 2. The minimum Gasteiger partial charge on any atom is -0.331 e. The van der Waals surface area contributed by atoms with Crippen molar-refractivity contribution < 1.29 is 4.79 Å². The predicted octanol–water partition coefficient (Wildman–Crippen LogP) is 1.95. The van der Waals surface area contributed by atoms with E-state index >= 15 is 0 Å². The normalized spacial score (nSPS) is 17.6. The van der Waals surface area contributed by atoms with Crippen LogP contribution in [0.5, 0.6) is 0 Å². The molecule has 4 heterocycles. The molecule has 8 nitrogen and oxygen atoms in total. The van der Waals surface area contributed by atoms with Crippen LogP contribution in [-0.4, -0.2) is 47.3 Å². The van der Waals surface area contributed by atoms with E-state index in [2.05, 4.69) is 25.3 Å². The molecule has 1 saturated heterocycles. The molecule has 1 fully saturated rings. The summed E-state index contributed by atoms with van der Waals surface area (Å²) >= 11 is 1.36. The fourth-order valence-corrected chi connectivity index (χ4v) is 4.07. The number of aromatic nitrogens is 6.